The number of fused-ring (bicyclic) bond motifs is 1. The van der Waals surface area contributed by atoms with E-state index in [4.69, 9.17) is 0 Å². The third kappa shape index (κ3) is 3.16. The Balaban J connectivity index is 1.76. The minimum absolute atomic E-state index is 0.0497. The van der Waals surface area contributed by atoms with Gasteiger partial charge in [0.1, 0.15) is 0 Å². The second-order valence-corrected chi connectivity index (χ2v) is 6.84. The minimum atomic E-state index is -0.0886. The van der Waals surface area contributed by atoms with E-state index in [9.17, 15) is 4.79 Å². The molecule has 1 unspecified atom stereocenters. The first-order chi connectivity index (χ1) is 9.72. The fraction of sp³-hybridized carbons (Fsp3) is 0.267. The molecule has 0 spiro atoms. The zero-order valence-electron chi connectivity index (χ0n) is 10.9. The van der Waals surface area contributed by atoms with E-state index in [0.29, 0.717) is 0 Å². The van der Waals surface area contributed by atoms with Crippen molar-refractivity contribution in [1.82, 2.24) is 5.32 Å². The molecule has 0 saturated carbocycles. The van der Waals surface area contributed by atoms with Gasteiger partial charge in [0.25, 0.3) is 0 Å². The molecule has 3 nitrogen and oxygen atoms in total. The number of hydrogen-bond donors (Lipinski definition) is 2. The highest BCUT2D eigenvalue weighted by atomic mass is 79.9. The summed E-state index contributed by atoms with van der Waals surface area (Å²) in [6.07, 6.45) is 0. The third-order valence-electron chi connectivity index (χ3n) is 3.31. The van der Waals surface area contributed by atoms with Crippen molar-refractivity contribution in [2.75, 3.05) is 23.4 Å². The number of thioether (sulfide) groups is 1. The van der Waals surface area contributed by atoms with Crippen molar-refractivity contribution in [3.63, 3.8) is 0 Å². The maximum Gasteiger partial charge on any atom is 0.242 e. The first-order valence-electron chi connectivity index (χ1n) is 6.54. The highest BCUT2D eigenvalue weighted by Gasteiger charge is 2.20. The Bertz CT molecular complexity index is 641. The lowest BCUT2D eigenvalue weighted by Crippen LogP contribution is -2.46. The second-order valence-electron chi connectivity index (χ2n) is 4.78. The molecule has 0 bridgehead atoms. The van der Waals surface area contributed by atoms with Crippen molar-refractivity contribution in [1.29, 1.82) is 0 Å². The summed E-state index contributed by atoms with van der Waals surface area (Å²) >= 11 is 5.28. The molecule has 1 aliphatic rings. The molecule has 1 atom stereocenters. The highest BCUT2D eigenvalue weighted by molar-refractivity contribution is 9.10. The van der Waals surface area contributed by atoms with Crippen molar-refractivity contribution in [3.8, 4) is 0 Å². The fourth-order valence-corrected chi connectivity index (χ4v) is 3.57. The molecule has 0 aliphatic carbocycles. The number of anilines is 1. The van der Waals surface area contributed by atoms with Crippen LogP contribution in [0.25, 0.3) is 10.8 Å². The molecule has 2 N–H and O–H groups in total. The van der Waals surface area contributed by atoms with Crippen molar-refractivity contribution < 1.29 is 4.79 Å². The normalized spacial score (nSPS) is 18.9. The summed E-state index contributed by atoms with van der Waals surface area (Å²) in [6.45, 7) is 0.897. The smallest absolute Gasteiger partial charge is 0.242 e. The van der Waals surface area contributed by atoms with Crippen LogP contribution in [0.1, 0.15) is 0 Å². The summed E-state index contributed by atoms with van der Waals surface area (Å²) in [5.41, 5.74) is 0.849. The van der Waals surface area contributed by atoms with Gasteiger partial charge in [-0.2, -0.15) is 11.8 Å². The first-order valence-corrected chi connectivity index (χ1v) is 8.48. The average Bonchev–Trinajstić information content (AvgIpc) is 2.48. The van der Waals surface area contributed by atoms with Gasteiger partial charge < -0.3 is 10.6 Å². The van der Waals surface area contributed by atoms with E-state index in [-0.39, 0.29) is 11.9 Å². The van der Waals surface area contributed by atoms with Gasteiger partial charge in [-0.25, -0.2) is 0 Å². The van der Waals surface area contributed by atoms with Crippen LogP contribution in [-0.4, -0.2) is 30.0 Å². The fourth-order valence-electron chi connectivity index (χ4n) is 2.26. The molecule has 1 aliphatic heterocycles. The molecule has 0 radical (unpaired) electrons. The van der Waals surface area contributed by atoms with Gasteiger partial charge in [-0.1, -0.05) is 28.1 Å². The largest absolute Gasteiger partial charge is 0.325 e. The standard InChI is InChI=1S/C15H15BrN2OS/c16-12-3-1-11-8-13(4-2-10(11)7-12)18-15(19)14-9-20-6-5-17-14/h1-4,7-8,14,17H,5-6,9H2,(H,18,19). The van der Waals surface area contributed by atoms with E-state index in [1.807, 2.05) is 42.1 Å². The van der Waals surface area contributed by atoms with E-state index in [1.165, 1.54) is 0 Å². The lowest BCUT2D eigenvalue weighted by Gasteiger charge is -2.22. The summed E-state index contributed by atoms with van der Waals surface area (Å²) in [6, 6.07) is 12.0. The molecule has 1 saturated heterocycles. The summed E-state index contributed by atoms with van der Waals surface area (Å²) in [4.78, 5) is 12.2. The van der Waals surface area contributed by atoms with Crippen LogP contribution in [0.15, 0.2) is 40.9 Å². The van der Waals surface area contributed by atoms with Gasteiger partial charge in [0.05, 0.1) is 6.04 Å². The van der Waals surface area contributed by atoms with Crippen LogP contribution in [0, 0.1) is 0 Å². The molecule has 3 rings (SSSR count). The molecular weight excluding hydrogens is 336 g/mol. The van der Waals surface area contributed by atoms with Crippen molar-refractivity contribution >= 4 is 50.1 Å². The molecule has 1 amide bonds. The van der Waals surface area contributed by atoms with Crippen molar-refractivity contribution in [2.45, 2.75) is 6.04 Å². The van der Waals surface area contributed by atoms with Crippen LogP contribution in [0.5, 0.6) is 0 Å². The Morgan fingerprint density at radius 1 is 1.25 bits per heavy atom. The Morgan fingerprint density at radius 3 is 2.85 bits per heavy atom. The number of carbonyl (C=O) groups excluding carboxylic acids is 1. The first kappa shape index (κ1) is 13.9. The maximum atomic E-state index is 12.2. The molecule has 20 heavy (non-hydrogen) atoms. The third-order valence-corrected chi connectivity index (χ3v) is 4.86. The average molecular weight is 351 g/mol. The van der Waals surface area contributed by atoms with E-state index < -0.39 is 0 Å². The van der Waals surface area contributed by atoms with E-state index in [2.05, 4.69) is 32.6 Å². The summed E-state index contributed by atoms with van der Waals surface area (Å²) in [5.74, 6) is 1.97. The van der Waals surface area contributed by atoms with E-state index in [1.54, 1.807) is 0 Å². The topological polar surface area (TPSA) is 41.1 Å². The Kier molecular flexibility index (Phi) is 4.29. The number of carbonyl (C=O) groups is 1. The van der Waals surface area contributed by atoms with Crippen LogP contribution in [0.4, 0.5) is 5.69 Å². The Morgan fingerprint density at radius 2 is 2.05 bits per heavy atom. The van der Waals surface area contributed by atoms with Crippen LogP contribution < -0.4 is 10.6 Å². The molecule has 0 aromatic heterocycles. The predicted molar refractivity (Wildman–Crippen MR) is 89.4 cm³/mol. The molecule has 5 heteroatoms. The molecule has 104 valence electrons. The Hall–Kier alpha value is -1.04. The van der Waals surface area contributed by atoms with E-state index >= 15 is 0 Å². The minimum Gasteiger partial charge on any atom is -0.325 e. The van der Waals surface area contributed by atoms with Crippen molar-refractivity contribution in [2.24, 2.45) is 0 Å². The number of benzene rings is 2. The highest BCUT2D eigenvalue weighted by Crippen LogP contribution is 2.23. The zero-order valence-corrected chi connectivity index (χ0v) is 13.3. The van der Waals surface area contributed by atoms with Crippen LogP contribution in [-0.2, 0) is 4.79 Å². The predicted octanol–water partition coefficient (Wildman–Crippen LogP) is 3.25. The number of amides is 1. The van der Waals surface area contributed by atoms with Gasteiger partial charge in [-0.15, -0.1) is 0 Å². The Labute approximate surface area is 130 Å². The SMILES string of the molecule is O=C(Nc1ccc2cc(Br)ccc2c1)C1CSCCN1. The van der Waals surface area contributed by atoms with Crippen LogP contribution in [0.3, 0.4) is 0 Å². The number of nitrogens with one attached hydrogen (secondary N) is 2. The number of rotatable bonds is 2. The molecule has 2 aromatic carbocycles. The second kappa shape index (κ2) is 6.16. The summed E-state index contributed by atoms with van der Waals surface area (Å²) in [7, 11) is 0. The van der Waals surface area contributed by atoms with Gasteiger partial charge >= 0.3 is 0 Å². The lowest BCUT2D eigenvalue weighted by molar-refractivity contribution is -0.117. The number of hydrogen-bond acceptors (Lipinski definition) is 3. The summed E-state index contributed by atoms with van der Waals surface area (Å²) in [5, 5.41) is 8.51. The monoisotopic (exact) mass is 350 g/mol. The molecule has 2 aromatic rings. The van der Waals surface area contributed by atoms with E-state index in [0.717, 1.165) is 39.0 Å². The van der Waals surface area contributed by atoms with Crippen LogP contribution in [0.2, 0.25) is 0 Å². The zero-order chi connectivity index (χ0) is 13.9. The number of halogens is 1. The van der Waals surface area contributed by atoms with Crippen molar-refractivity contribution in [3.05, 3.63) is 40.9 Å². The van der Waals surface area contributed by atoms with Gasteiger partial charge in [0, 0.05) is 28.2 Å². The van der Waals surface area contributed by atoms with Gasteiger partial charge in [0.15, 0.2) is 0 Å². The van der Waals surface area contributed by atoms with Crippen LogP contribution >= 0.6 is 27.7 Å². The van der Waals surface area contributed by atoms with Gasteiger partial charge in [-0.05, 0) is 35.0 Å². The quantitative estimate of drug-likeness (QED) is 0.873. The van der Waals surface area contributed by atoms with Gasteiger partial charge in [0.2, 0.25) is 5.91 Å². The van der Waals surface area contributed by atoms with Gasteiger partial charge in [-0.3, -0.25) is 4.79 Å². The molecule has 1 heterocycles. The molecule has 1 fully saturated rings. The lowest BCUT2D eigenvalue weighted by atomic mass is 10.1. The summed E-state index contributed by atoms with van der Waals surface area (Å²) < 4.78 is 1.06. The molecular formula is C15H15BrN2OS. The maximum absolute atomic E-state index is 12.2.